The zero-order chi connectivity index (χ0) is 22.8. The van der Waals surface area contributed by atoms with Crippen molar-refractivity contribution in [3.05, 3.63) is 99.1 Å². The van der Waals surface area contributed by atoms with Crippen LogP contribution < -0.4 is 5.56 Å². The van der Waals surface area contributed by atoms with Crippen LogP contribution in [0.4, 0.5) is 0 Å². The zero-order valence-corrected chi connectivity index (χ0v) is 18.7. The largest absolute Gasteiger partial charge is 0.367 e. The molecule has 0 saturated carbocycles. The minimum atomic E-state index is -0.0839. The van der Waals surface area contributed by atoms with Crippen LogP contribution in [0, 0.1) is 19.3 Å². The fraction of sp³-hybridized carbons (Fsp3) is 0.222. The summed E-state index contributed by atoms with van der Waals surface area (Å²) < 4.78 is 1.53. The molecule has 0 bridgehead atoms. The molecule has 160 valence electrons. The summed E-state index contributed by atoms with van der Waals surface area (Å²) in [5.41, 5.74) is 8.30. The Bertz CT molecular complexity index is 1340. The summed E-state index contributed by atoms with van der Waals surface area (Å²) in [7, 11) is 1.72. The first-order chi connectivity index (χ1) is 15.4. The molecule has 1 aliphatic rings. The van der Waals surface area contributed by atoms with E-state index >= 15 is 0 Å². The Balaban J connectivity index is 1.61. The fourth-order valence-electron chi connectivity index (χ4n) is 4.06. The molecule has 0 N–H and O–H groups in total. The van der Waals surface area contributed by atoms with Gasteiger partial charge in [0.1, 0.15) is 5.82 Å². The van der Waals surface area contributed by atoms with E-state index in [-0.39, 0.29) is 5.56 Å². The van der Waals surface area contributed by atoms with E-state index in [1.807, 2.05) is 31.3 Å². The molecule has 0 radical (unpaired) electrons. The second kappa shape index (κ2) is 8.68. The van der Waals surface area contributed by atoms with E-state index in [1.54, 1.807) is 7.05 Å². The Kier molecular flexibility index (Phi) is 5.79. The predicted octanol–water partition coefficient (Wildman–Crippen LogP) is 4.11. The molecule has 1 aromatic carbocycles. The van der Waals surface area contributed by atoms with Crippen LogP contribution in [0.15, 0.2) is 65.4 Å². The van der Waals surface area contributed by atoms with Gasteiger partial charge in [-0.1, -0.05) is 24.6 Å². The first kappa shape index (κ1) is 21.3. The van der Waals surface area contributed by atoms with Crippen molar-refractivity contribution >= 4 is 6.08 Å². The van der Waals surface area contributed by atoms with Gasteiger partial charge < -0.3 is 4.90 Å². The number of nitrogens with zero attached hydrogens (tertiary/aromatic N) is 4. The second-order valence-electron chi connectivity index (χ2n) is 8.10. The highest BCUT2D eigenvalue weighted by Gasteiger charge is 2.20. The summed E-state index contributed by atoms with van der Waals surface area (Å²) in [5, 5.41) is 0. The Morgan fingerprint density at radius 3 is 2.88 bits per heavy atom. The quantitative estimate of drug-likeness (QED) is 0.469. The van der Waals surface area contributed by atoms with Crippen LogP contribution in [-0.4, -0.2) is 26.0 Å². The number of rotatable bonds is 4. The van der Waals surface area contributed by atoms with E-state index < -0.39 is 0 Å². The highest BCUT2D eigenvalue weighted by molar-refractivity contribution is 5.70. The highest BCUT2D eigenvalue weighted by Crippen LogP contribution is 2.30. The molecule has 5 nitrogen and oxygen atoms in total. The van der Waals surface area contributed by atoms with Gasteiger partial charge in [0, 0.05) is 67.5 Å². The molecule has 0 fully saturated rings. The predicted molar refractivity (Wildman–Crippen MR) is 129 cm³/mol. The first-order valence-corrected chi connectivity index (χ1v) is 10.6. The summed E-state index contributed by atoms with van der Waals surface area (Å²) in [6, 6.07) is 9.71. The molecular formula is C27H26N4O. The van der Waals surface area contributed by atoms with Crippen LogP contribution in [0.25, 0.3) is 17.2 Å². The highest BCUT2D eigenvalue weighted by atomic mass is 16.1. The molecule has 32 heavy (non-hydrogen) atoms. The van der Waals surface area contributed by atoms with Crippen molar-refractivity contribution in [3.8, 4) is 23.5 Å². The number of hydrogen-bond acceptors (Lipinski definition) is 4. The van der Waals surface area contributed by atoms with E-state index in [9.17, 15) is 4.79 Å². The summed E-state index contributed by atoms with van der Waals surface area (Å²) in [5.74, 6) is 3.37. The van der Waals surface area contributed by atoms with Gasteiger partial charge in [-0.25, -0.2) is 4.98 Å². The Morgan fingerprint density at radius 2 is 2.09 bits per heavy atom. The lowest BCUT2D eigenvalue weighted by Gasteiger charge is -2.32. The van der Waals surface area contributed by atoms with Gasteiger partial charge in [-0.05, 0) is 54.3 Å². The molecule has 3 aromatic rings. The van der Waals surface area contributed by atoms with Gasteiger partial charge in [-0.2, -0.15) is 0 Å². The number of pyridine rings is 1. The third kappa shape index (κ3) is 4.00. The summed E-state index contributed by atoms with van der Waals surface area (Å²) in [6.07, 6.45) is 11.9. The maximum Gasteiger partial charge on any atom is 0.253 e. The van der Waals surface area contributed by atoms with Crippen molar-refractivity contribution < 1.29 is 0 Å². The molecule has 2 aromatic heterocycles. The average Bonchev–Trinajstić information content (AvgIpc) is 2.81. The van der Waals surface area contributed by atoms with E-state index in [0.717, 1.165) is 58.7 Å². The number of fused-ring (bicyclic) bond motifs is 1. The van der Waals surface area contributed by atoms with Gasteiger partial charge >= 0.3 is 0 Å². The molecule has 0 unspecified atom stereocenters. The second-order valence-corrected chi connectivity index (χ2v) is 8.10. The smallest absolute Gasteiger partial charge is 0.253 e. The van der Waals surface area contributed by atoms with E-state index in [2.05, 4.69) is 41.4 Å². The topological polar surface area (TPSA) is 51.0 Å². The molecule has 4 rings (SSSR count). The lowest BCUT2D eigenvalue weighted by Crippen LogP contribution is -2.30. The normalized spacial score (nSPS) is 13.4. The lowest BCUT2D eigenvalue weighted by molar-refractivity contribution is 0.326. The lowest BCUT2D eigenvalue weighted by atomic mass is 9.95. The van der Waals surface area contributed by atoms with Gasteiger partial charge in [0.2, 0.25) is 0 Å². The van der Waals surface area contributed by atoms with E-state index in [4.69, 9.17) is 11.4 Å². The summed E-state index contributed by atoms with van der Waals surface area (Å²) >= 11 is 0. The zero-order valence-electron chi connectivity index (χ0n) is 18.7. The number of aromatic nitrogens is 3. The monoisotopic (exact) mass is 422 g/mol. The van der Waals surface area contributed by atoms with E-state index in [1.165, 1.54) is 22.4 Å². The Morgan fingerprint density at radius 1 is 1.28 bits per heavy atom. The number of hydrogen-bond donors (Lipinski definition) is 0. The van der Waals surface area contributed by atoms with Crippen LogP contribution in [0.3, 0.4) is 0 Å². The average molecular weight is 423 g/mol. The third-order valence-electron chi connectivity index (χ3n) is 6.12. The van der Waals surface area contributed by atoms with Crippen LogP contribution in [-0.2, 0) is 20.0 Å². The fourth-order valence-corrected chi connectivity index (χ4v) is 4.06. The first-order valence-electron chi connectivity index (χ1n) is 10.6. The maximum atomic E-state index is 11.9. The van der Waals surface area contributed by atoms with Crippen molar-refractivity contribution in [2.75, 3.05) is 6.54 Å². The van der Waals surface area contributed by atoms with Crippen molar-refractivity contribution in [3.63, 3.8) is 0 Å². The van der Waals surface area contributed by atoms with Crippen molar-refractivity contribution in [2.24, 2.45) is 7.05 Å². The van der Waals surface area contributed by atoms with Gasteiger partial charge in [0.15, 0.2) is 0 Å². The molecule has 0 spiro atoms. The minimum absolute atomic E-state index is 0.0839. The SMILES string of the molecule is C#Cc1cccc(-c2cnc3c(c2)CN(C(=C)/C(C)=C\c2nccc(=O)n2C)CC3)c1C. The molecule has 0 amide bonds. The standard InChI is InChI=1S/C27H26N4O/c1-6-21-8-7-9-24(19(21)3)22-15-23-17-31(13-11-25(23)29-16-22)20(4)18(2)14-26-28-12-10-27(32)30(26)5/h1,7-10,12,14-16H,4,11,13,17H2,2-3,5H3/b18-14-. The molecular weight excluding hydrogens is 396 g/mol. The molecule has 0 aliphatic carbocycles. The molecule has 0 saturated heterocycles. The van der Waals surface area contributed by atoms with Crippen LogP contribution in [0.1, 0.15) is 35.1 Å². The van der Waals surface area contributed by atoms with Crippen molar-refractivity contribution in [1.82, 2.24) is 19.4 Å². The number of terminal acetylenes is 1. The van der Waals surface area contributed by atoms with Gasteiger partial charge in [0.25, 0.3) is 5.56 Å². The number of benzene rings is 1. The summed E-state index contributed by atoms with van der Waals surface area (Å²) in [4.78, 5) is 23.2. The molecule has 5 heteroatoms. The van der Waals surface area contributed by atoms with Gasteiger partial charge in [-0.3, -0.25) is 14.3 Å². The Labute approximate surface area is 188 Å². The molecule has 0 atom stereocenters. The molecule has 1 aliphatic heterocycles. The van der Waals surface area contributed by atoms with Gasteiger partial charge in [-0.15, -0.1) is 6.42 Å². The molecule has 3 heterocycles. The third-order valence-corrected chi connectivity index (χ3v) is 6.12. The maximum absolute atomic E-state index is 11.9. The Hall–Kier alpha value is -3.91. The van der Waals surface area contributed by atoms with Crippen molar-refractivity contribution in [2.45, 2.75) is 26.8 Å². The van der Waals surface area contributed by atoms with Crippen LogP contribution >= 0.6 is 0 Å². The van der Waals surface area contributed by atoms with Crippen LogP contribution in [0.2, 0.25) is 0 Å². The van der Waals surface area contributed by atoms with Crippen LogP contribution in [0.5, 0.6) is 0 Å². The van der Waals surface area contributed by atoms with Gasteiger partial charge in [0.05, 0.1) is 0 Å². The van der Waals surface area contributed by atoms with E-state index in [0.29, 0.717) is 5.82 Å². The number of allylic oxidation sites excluding steroid dienone is 1. The summed E-state index contributed by atoms with van der Waals surface area (Å²) in [6.45, 7) is 9.94. The minimum Gasteiger partial charge on any atom is -0.367 e. The van der Waals surface area contributed by atoms with Crippen molar-refractivity contribution in [1.29, 1.82) is 0 Å².